The van der Waals surface area contributed by atoms with Gasteiger partial charge in [0.2, 0.25) is 0 Å². The maximum absolute atomic E-state index is 5.47. The second kappa shape index (κ2) is 4.93. The van der Waals surface area contributed by atoms with Crippen molar-refractivity contribution < 1.29 is 4.74 Å². The van der Waals surface area contributed by atoms with Crippen molar-refractivity contribution in [2.45, 2.75) is 0 Å². The molecule has 0 bridgehead atoms. The third-order valence-electron chi connectivity index (χ3n) is 3.71. The lowest BCUT2D eigenvalue weighted by atomic mass is 10.1. The monoisotopic (exact) mass is 314 g/mol. The molecule has 21 heavy (non-hydrogen) atoms. The molecule has 0 atom stereocenters. The zero-order chi connectivity index (χ0) is 14.4. The van der Waals surface area contributed by atoms with E-state index >= 15 is 0 Å². The Hall–Kier alpha value is -1.72. The summed E-state index contributed by atoms with van der Waals surface area (Å²) in [7, 11) is 1.71. The number of hydrogen-bond donors (Lipinski definition) is 0. The van der Waals surface area contributed by atoms with E-state index in [-0.39, 0.29) is 0 Å². The summed E-state index contributed by atoms with van der Waals surface area (Å²) in [5, 5.41) is 4.44. The molecule has 4 rings (SSSR count). The number of amidine groups is 1. The highest BCUT2D eigenvalue weighted by Crippen LogP contribution is 2.45. The van der Waals surface area contributed by atoms with E-state index in [2.05, 4.69) is 40.1 Å². The van der Waals surface area contributed by atoms with Crippen molar-refractivity contribution in [2.24, 2.45) is 4.99 Å². The van der Waals surface area contributed by atoms with E-state index in [1.807, 2.05) is 6.08 Å². The second-order valence-corrected chi connectivity index (χ2v) is 6.77. The van der Waals surface area contributed by atoms with E-state index < -0.39 is 0 Å². The number of methoxy groups -OCH3 is 1. The lowest BCUT2D eigenvalue weighted by Crippen LogP contribution is -2.20. The fourth-order valence-corrected chi connectivity index (χ4v) is 4.71. The smallest absolute Gasteiger partial charge is 0.168 e. The van der Waals surface area contributed by atoms with Crippen LogP contribution < -0.4 is 4.74 Å². The third kappa shape index (κ3) is 1.92. The van der Waals surface area contributed by atoms with Crippen molar-refractivity contribution in [2.75, 3.05) is 20.2 Å². The lowest BCUT2D eigenvalue weighted by molar-refractivity contribution is 0.415. The van der Waals surface area contributed by atoms with Crippen molar-refractivity contribution in [1.82, 2.24) is 4.90 Å². The van der Waals surface area contributed by atoms with Crippen molar-refractivity contribution in [1.29, 1.82) is 0 Å². The predicted molar refractivity (Wildman–Crippen MR) is 92.1 cm³/mol. The van der Waals surface area contributed by atoms with E-state index in [0.717, 1.165) is 24.0 Å². The van der Waals surface area contributed by atoms with Crippen molar-refractivity contribution in [3.05, 3.63) is 46.7 Å². The van der Waals surface area contributed by atoms with Gasteiger partial charge in [-0.05, 0) is 40.7 Å². The number of allylic oxidation sites excluding steroid dienone is 1. The summed E-state index contributed by atoms with van der Waals surface area (Å²) in [5.74, 6) is 0.890. The van der Waals surface area contributed by atoms with Gasteiger partial charge in [0.25, 0.3) is 0 Å². The van der Waals surface area contributed by atoms with E-state index in [1.165, 1.54) is 26.3 Å². The van der Waals surface area contributed by atoms with Crippen LogP contribution in [0.15, 0.2) is 46.1 Å². The average Bonchev–Trinajstić information content (AvgIpc) is 3.20. The summed E-state index contributed by atoms with van der Waals surface area (Å²) in [4.78, 5) is 8.05. The molecule has 0 saturated carbocycles. The van der Waals surface area contributed by atoms with Gasteiger partial charge in [-0.15, -0.1) is 11.3 Å². The molecule has 5 heteroatoms. The molecular formula is C16H14N2OS2. The van der Waals surface area contributed by atoms with Crippen LogP contribution in [0, 0.1) is 0 Å². The maximum atomic E-state index is 5.47. The van der Waals surface area contributed by atoms with Gasteiger partial charge in [0, 0.05) is 21.7 Å². The van der Waals surface area contributed by atoms with E-state index in [4.69, 9.17) is 4.74 Å². The van der Waals surface area contributed by atoms with Gasteiger partial charge >= 0.3 is 0 Å². The predicted octanol–water partition coefficient (Wildman–Crippen LogP) is 4.18. The molecule has 0 saturated heterocycles. The Bertz CT molecular complexity index is 804. The number of thioether (sulfide) groups is 1. The van der Waals surface area contributed by atoms with Crippen LogP contribution in [0.1, 0.15) is 5.56 Å². The van der Waals surface area contributed by atoms with E-state index in [1.54, 1.807) is 30.2 Å². The second-order valence-electron chi connectivity index (χ2n) is 4.85. The van der Waals surface area contributed by atoms with Crippen LogP contribution in [-0.2, 0) is 0 Å². The van der Waals surface area contributed by atoms with Crippen molar-refractivity contribution >= 4 is 44.0 Å². The summed E-state index contributed by atoms with van der Waals surface area (Å²) < 4.78 is 6.76. The van der Waals surface area contributed by atoms with Crippen LogP contribution in [0.3, 0.4) is 0 Å². The Labute approximate surface area is 131 Å². The van der Waals surface area contributed by atoms with Gasteiger partial charge in [0.1, 0.15) is 5.75 Å². The molecule has 1 aromatic carbocycles. The standard InChI is InChI=1S/C16H14N2OS2/c1-3-13-14(18-6-5-17-16(18)21-13)12-9-11(19-2)8-10-4-7-20-15(10)12/h3-4,7-9H,1,5-6H2,2H3. The molecule has 1 aromatic heterocycles. The Morgan fingerprint density at radius 2 is 2.33 bits per heavy atom. The number of thiophene rings is 1. The Morgan fingerprint density at radius 3 is 3.14 bits per heavy atom. The number of rotatable bonds is 3. The van der Waals surface area contributed by atoms with Crippen LogP contribution in [-0.4, -0.2) is 30.3 Å². The van der Waals surface area contributed by atoms with Gasteiger partial charge in [-0.3, -0.25) is 4.99 Å². The number of hydrogen-bond acceptors (Lipinski definition) is 5. The molecule has 2 aliphatic heterocycles. The van der Waals surface area contributed by atoms with Gasteiger partial charge in [-0.2, -0.15) is 0 Å². The average molecular weight is 314 g/mol. The number of fused-ring (bicyclic) bond motifs is 2. The molecule has 2 aromatic rings. The molecule has 0 fully saturated rings. The fourth-order valence-electron chi connectivity index (χ4n) is 2.77. The summed E-state index contributed by atoms with van der Waals surface area (Å²) in [6.45, 7) is 5.78. The number of benzene rings is 1. The van der Waals surface area contributed by atoms with E-state index in [9.17, 15) is 0 Å². The third-order valence-corrected chi connectivity index (χ3v) is 5.78. The topological polar surface area (TPSA) is 24.8 Å². The summed E-state index contributed by atoms with van der Waals surface area (Å²) >= 11 is 3.48. The number of ether oxygens (including phenoxy) is 1. The molecule has 2 aliphatic rings. The van der Waals surface area contributed by atoms with Gasteiger partial charge < -0.3 is 9.64 Å². The Kier molecular flexibility index (Phi) is 3.05. The van der Waals surface area contributed by atoms with Gasteiger partial charge in [-0.25, -0.2) is 0 Å². The minimum Gasteiger partial charge on any atom is -0.497 e. The van der Waals surface area contributed by atoms with Gasteiger partial charge in [-0.1, -0.05) is 12.7 Å². The van der Waals surface area contributed by atoms with Crippen LogP contribution in [0.5, 0.6) is 5.75 Å². The first-order valence-corrected chi connectivity index (χ1v) is 8.43. The molecule has 0 aliphatic carbocycles. The summed E-state index contributed by atoms with van der Waals surface area (Å²) in [6, 6.07) is 6.35. The van der Waals surface area contributed by atoms with Crippen LogP contribution >= 0.6 is 23.1 Å². The first-order chi connectivity index (χ1) is 10.3. The maximum Gasteiger partial charge on any atom is 0.168 e. The molecule has 0 unspecified atom stereocenters. The van der Waals surface area contributed by atoms with E-state index in [0.29, 0.717) is 0 Å². The molecule has 106 valence electrons. The first kappa shape index (κ1) is 13.0. The Balaban J connectivity index is 1.98. The number of nitrogens with zero attached hydrogens (tertiary/aromatic N) is 2. The minimum atomic E-state index is 0.869. The normalized spacial score (nSPS) is 17.4. The number of aliphatic imine (C=N–C) groups is 1. The minimum absolute atomic E-state index is 0.869. The SMILES string of the molecule is C=CC1=C(c2cc(OC)cc3ccsc23)N2CCN=C2S1. The fraction of sp³-hybridized carbons (Fsp3) is 0.188. The highest BCUT2D eigenvalue weighted by Gasteiger charge is 2.32. The van der Waals surface area contributed by atoms with Gasteiger partial charge in [0.15, 0.2) is 5.17 Å². The van der Waals surface area contributed by atoms with Gasteiger partial charge in [0.05, 0.1) is 19.4 Å². The van der Waals surface area contributed by atoms with Crippen LogP contribution in [0.4, 0.5) is 0 Å². The van der Waals surface area contributed by atoms with Crippen LogP contribution in [0.2, 0.25) is 0 Å². The molecule has 0 radical (unpaired) electrons. The zero-order valence-corrected chi connectivity index (χ0v) is 13.3. The molecule has 3 heterocycles. The zero-order valence-electron chi connectivity index (χ0n) is 11.6. The van der Waals surface area contributed by atoms with Crippen molar-refractivity contribution in [3.63, 3.8) is 0 Å². The van der Waals surface area contributed by atoms with Crippen molar-refractivity contribution in [3.8, 4) is 5.75 Å². The molecule has 3 nitrogen and oxygen atoms in total. The molecule has 0 spiro atoms. The highest BCUT2D eigenvalue weighted by molar-refractivity contribution is 8.17. The largest absolute Gasteiger partial charge is 0.497 e. The molecular weight excluding hydrogens is 300 g/mol. The molecule has 0 amide bonds. The highest BCUT2D eigenvalue weighted by atomic mass is 32.2. The quantitative estimate of drug-likeness (QED) is 0.849. The van der Waals surface area contributed by atoms with Crippen LogP contribution in [0.25, 0.3) is 15.8 Å². The Morgan fingerprint density at radius 1 is 1.43 bits per heavy atom. The first-order valence-electron chi connectivity index (χ1n) is 6.74. The molecule has 0 N–H and O–H groups in total. The lowest BCUT2D eigenvalue weighted by Gasteiger charge is -2.18. The summed E-state index contributed by atoms with van der Waals surface area (Å²) in [6.07, 6.45) is 1.93. The summed E-state index contributed by atoms with van der Waals surface area (Å²) in [5.41, 5.74) is 2.44.